The summed E-state index contributed by atoms with van der Waals surface area (Å²) >= 11 is 0. The van der Waals surface area contributed by atoms with Crippen LogP contribution in [-0.4, -0.2) is 42.9 Å². The average Bonchev–Trinajstić information content (AvgIpc) is 2.57. The number of carbonyl (C=O) groups excluding carboxylic acids is 3. The molecule has 1 N–H and O–H groups in total. The normalized spacial score (nSPS) is 10.5. The van der Waals surface area contributed by atoms with E-state index in [1.807, 2.05) is 12.1 Å². The third-order valence-electron chi connectivity index (χ3n) is 2.95. The first-order valence-electron chi connectivity index (χ1n) is 7.26. The molecule has 24 heavy (non-hydrogen) atoms. The first kappa shape index (κ1) is 18.9. The second-order valence-corrected chi connectivity index (χ2v) is 4.95. The minimum absolute atomic E-state index is 0.0545. The molecular weight excluding hydrogens is 310 g/mol. The van der Waals surface area contributed by atoms with E-state index in [-0.39, 0.29) is 18.7 Å². The number of nitrogens with one attached hydrogen (secondary N) is 1. The van der Waals surface area contributed by atoms with Crippen molar-refractivity contribution in [3.05, 3.63) is 41.6 Å². The molecule has 0 aliphatic carbocycles. The first-order valence-corrected chi connectivity index (χ1v) is 7.26. The largest absolute Gasteiger partial charge is 0.451 e. The molecule has 0 bridgehead atoms. The van der Waals surface area contributed by atoms with Crippen LogP contribution in [0.25, 0.3) is 6.08 Å². The maximum Gasteiger partial charge on any atom is 0.355 e. The Morgan fingerprint density at radius 3 is 2.54 bits per heavy atom. The fraction of sp³-hybridized carbons (Fsp3) is 0.294. The molecule has 7 nitrogen and oxygen atoms in total. The Hall–Kier alpha value is -3.14. The van der Waals surface area contributed by atoms with E-state index in [1.165, 1.54) is 24.9 Å². The van der Waals surface area contributed by atoms with E-state index in [2.05, 4.69) is 5.32 Å². The van der Waals surface area contributed by atoms with Gasteiger partial charge in [-0.2, -0.15) is 5.26 Å². The van der Waals surface area contributed by atoms with Gasteiger partial charge in [-0.25, -0.2) is 4.79 Å². The predicted molar refractivity (Wildman–Crippen MR) is 87.1 cm³/mol. The number of esters is 1. The zero-order valence-corrected chi connectivity index (χ0v) is 13.6. The van der Waals surface area contributed by atoms with Crippen molar-refractivity contribution in [2.45, 2.75) is 13.3 Å². The lowest BCUT2D eigenvalue weighted by Gasteiger charge is -2.15. The van der Waals surface area contributed by atoms with E-state index in [9.17, 15) is 14.4 Å². The number of likely N-dealkylation sites (N-methyl/N-ethyl adjacent to an activating group) is 1. The molecule has 0 aliphatic rings. The number of amides is 2. The molecule has 0 saturated carbocycles. The van der Waals surface area contributed by atoms with Gasteiger partial charge in [-0.1, -0.05) is 30.3 Å². The minimum Gasteiger partial charge on any atom is -0.451 e. The van der Waals surface area contributed by atoms with Crippen molar-refractivity contribution in [2.24, 2.45) is 0 Å². The summed E-state index contributed by atoms with van der Waals surface area (Å²) in [6, 6.07) is 10.8. The van der Waals surface area contributed by atoms with E-state index >= 15 is 0 Å². The van der Waals surface area contributed by atoms with Gasteiger partial charge in [0.2, 0.25) is 5.91 Å². The molecule has 0 radical (unpaired) electrons. The third kappa shape index (κ3) is 6.75. The number of nitriles is 1. The molecule has 7 heteroatoms. The number of ether oxygens (including phenoxy) is 1. The van der Waals surface area contributed by atoms with Crippen LogP contribution in [0, 0.1) is 11.3 Å². The lowest BCUT2D eigenvalue weighted by Crippen LogP contribution is -2.33. The number of hydrogen-bond acceptors (Lipinski definition) is 5. The Labute approximate surface area is 140 Å². The predicted octanol–water partition coefficient (Wildman–Crippen LogP) is 1.08. The van der Waals surface area contributed by atoms with Crippen molar-refractivity contribution >= 4 is 23.9 Å². The second-order valence-electron chi connectivity index (χ2n) is 4.95. The summed E-state index contributed by atoms with van der Waals surface area (Å²) in [7, 11) is 1.52. The highest BCUT2D eigenvalue weighted by Crippen LogP contribution is 2.06. The van der Waals surface area contributed by atoms with Crippen LogP contribution in [-0.2, 0) is 19.1 Å². The maximum atomic E-state index is 12.1. The van der Waals surface area contributed by atoms with Gasteiger partial charge >= 0.3 is 5.97 Å². The average molecular weight is 329 g/mol. The van der Waals surface area contributed by atoms with Crippen molar-refractivity contribution in [1.29, 1.82) is 5.26 Å². The van der Waals surface area contributed by atoms with E-state index in [4.69, 9.17) is 10.00 Å². The summed E-state index contributed by atoms with van der Waals surface area (Å²) < 4.78 is 4.94. The SMILES string of the molecule is CC(=O)NC(=Cc1ccccc1)C(=O)OCC(=O)N(C)CCC#N. The molecule has 0 unspecified atom stereocenters. The van der Waals surface area contributed by atoms with Crippen LogP contribution in [0.1, 0.15) is 18.9 Å². The van der Waals surface area contributed by atoms with Gasteiger partial charge in [0.1, 0.15) is 5.70 Å². The molecule has 0 spiro atoms. The fourth-order valence-corrected chi connectivity index (χ4v) is 1.71. The molecule has 0 heterocycles. The fourth-order valence-electron chi connectivity index (χ4n) is 1.71. The zero-order chi connectivity index (χ0) is 17.9. The molecule has 1 aromatic carbocycles. The second kappa shape index (κ2) is 9.79. The van der Waals surface area contributed by atoms with Crippen LogP contribution in [0.5, 0.6) is 0 Å². The van der Waals surface area contributed by atoms with E-state index in [1.54, 1.807) is 24.3 Å². The van der Waals surface area contributed by atoms with Gasteiger partial charge < -0.3 is 15.0 Å². The molecule has 2 amide bonds. The molecule has 0 fully saturated rings. The van der Waals surface area contributed by atoms with Crippen molar-refractivity contribution in [3.63, 3.8) is 0 Å². The van der Waals surface area contributed by atoms with Crippen LogP contribution >= 0.6 is 0 Å². The Balaban J connectivity index is 2.72. The molecule has 126 valence electrons. The van der Waals surface area contributed by atoms with Gasteiger partial charge in [0, 0.05) is 20.5 Å². The van der Waals surface area contributed by atoms with Gasteiger partial charge in [-0.15, -0.1) is 0 Å². The molecule has 0 aromatic heterocycles. The molecule has 0 aliphatic heterocycles. The van der Waals surface area contributed by atoms with Crippen LogP contribution in [0.4, 0.5) is 0 Å². The number of rotatable bonds is 7. The van der Waals surface area contributed by atoms with E-state index in [0.29, 0.717) is 5.56 Å². The van der Waals surface area contributed by atoms with E-state index < -0.39 is 24.4 Å². The number of hydrogen-bond donors (Lipinski definition) is 1. The Morgan fingerprint density at radius 1 is 1.29 bits per heavy atom. The monoisotopic (exact) mass is 329 g/mol. The highest BCUT2D eigenvalue weighted by molar-refractivity contribution is 5.98. The summed E-state index contributed by atoms with van der Waals surface area (Å²) in [5.74, 6) is -1.66. The standard InChI is InChI=1S/C17H19N3O4/c1-13(21)19-15(11-14-7-4-3-5-8-14)17(23)24-12-16(22)20(2)10-6-9-18/h3-5,7-8,11H,6,10,12H2,1-2H3,(H,19,21). The summed E-state index contributed by atoms with van der Waals surface area (Å²) in [5, 5.41) is 10.9. The van der Waals surface area contributed by atoms with Crippen molar-refractivity contribution < 1.29 is 19.1 Å². The smallest absolute Gasteiger partial charge is 0.355 e. The zero-order valence-electron chi connectivity index (χ0n) is 13.6. The summed E-state index contributed by atoms with van der Waals surface area (Å²) in [6.45, 7) is 1.06. The van der Waals surface area contributed by atoms with Crippen LogP contribution < -0.4 is 5.32 Å². The van der Waals surface area contributed by atoms with Gasteiger partial charge in [0.15, 0.2) is 6.61 Å². The van der Waals surface area contributed by atoms with Crippen LogP contribution in [0.3, 0.4) is 0 Å². The lowest BCUT2D eigenvalue weighted by atomic mass is 10.2. The van der Waals surface area contributed by atoms with Crippen molar-refractivity contribution in [3.8, 4) is 6.07 Å². The Kier molecular flexibility index (Phi) is 7.71. The van der Waals surface area contributed by atoms with Crippen LogP contribution in [0.15, 0.2) is 36.0 Å². The lowest BCUT2D eigenvalue weighted by molar-refractivity contribution is -0.148. The molecule has 0 atom stereocenters. The summed E-state index contributed by atoms with van der Waals surface area (Å²) in [6.07, 6.45) is 1.66. The van der Waals surface area contributed by atoms with E-state index in [0.717, 1.165) is 0 Å². The van der Waals surface area contributed by atoms with Gasteiger partial charge in [0.05, 0.1) is 12.5 Å². The Morgan fingerprint density at radius 2 is 1.96 bits per heavy atom. The highest BCUT2D eigenvalue weighted by atomic mass is 16.5. The Bertz CT molecular complexity index is 662. The molecule has 1 rings (SSSR count). The van der Waals surface area contributed by atoms with Gasteiger partial charge in [-0.05, 0) is 11.6 Å². The number of carbonyl (C=O) groups is 3. The summed E-state index contributed by atoms with van der Waals surface area (Å²) in [5.41, 5.74) is 0.650. The highest BCUT2D eigenvalue weighted by Gasteiger charge is 2.16. The van der Waals surface area contributed by atoms with Crippen molar-refractivity contribution in [1.82, 2.24) is 10.2 Å². The molecular formula is C17H19N3O4. The molecule has 1 aromatic rings. The minimum atomic E-state index is -0.809. The maximum absolute atomic E-state index is 12.1. The summed E-state index contributed by atoms with van der Waals surface area (Å²) in [4.78, 5) is 36.4. The van der Waals surface area contributed by atoms with Gasteiger partial charge in [0.25, 0.3) is 5.91 Å². The van der Waals surface area contributed by atoms with Crippen LogP contribution in [0.2, 0.25) is 0 Å². The van der Waals surface area contributed by atoms with Crippen molar-refractivity contribution in [2.75, 3.05) is 20.2 Å². The number of benzene rings is 1. The number of nitrogens with zero attached hydrogens (tertiary/aromatic N) is 2. The van der Waals surface area contributed by atoms with Gasteiger partial charge in [-0.3, -0.25) is 9.59 Å². The molecule has 0 saturated heterocycles. The first-order chi connectivity index (χ1) is 11.4. The quantitative estimate of drug-likeness (QED) is 0.596. The third-order valence-corrected chi connectivity index (χ3v) is 2.95. The topological polar surface area (TPSA) is 99.5 Å².